The monoisotopic (exact) mass is 485 g/mol. The molecule has 2 amide bonds. The minimum absolute atomic E-state index is 0.0300. The van der Waals surface area contributed by atoms with E-state index < -0.39 is 11.6 Å². The van der Waals surface area contributed by atoms with Crippen LogP contribution >= 0.6 is 0 Å². The molecule has 3 fully saturated rings. The van der Waals surface area contributed by atoms with Gasteiger partial charge in [-0.1, -0.05) is 0 Å². The number of hydrogen-bond donors (Lipinski definition) is 4. The summed E-state index contributed by atoms with van der Waals surface area (Å²) in [5, 5.41) is 11.4. The molecule has 3 heterocycles. The Morgan fingerprint density at radius 3 is 2.69 bits per heavy atom. The highest BCUT2D eigenvalue weighted by Gasteiger charge is 2.43. The summed E-state index contributed by atoms with van der Waals surface area (Å²) in [6, 6.07) is 3.16. The number of anilines is 4. The van der Waals surface area contributed by atoms with Crippen molar-refractivity contribution < 1.29 is 13.6 Å². The predicted octanol–water partition coefficient (Wildman–Crippen LogP) is 4.94. The van der Waals surface area contributed by atoms with Gasteiger partial charge in [0.25, 0.3) is 0 Å². The maximum atomic E-state index is 14.9. The molecule has 1 unspecified atom stereocenters. The van der Waals surface area contributed by atoms with Crippen LogP contribution in [0.15, 0.2) is 18.3 Å². The number of piperidine rings is 1. The second-order valence-corrected chi connectivity index (χ2v) is 10.5. The molecule has 5 rings (SSSR count). The van der Waals surface area contributed by atoms with Crippen LogP contribution in [0.25, 0.3) is 0 Å². The van der Waals surface area contributed by atoms with Gasteiger partial charge in [-0.15, -0.1) is 0 Å². The quantitative estimate of drug-likeness (QED) is 0.463. The van der Waals surface area contributed by atoms with Crippen molar-refractivity contribution in [3.63, 3.8) is 0 Å². The number of hydrogen-bond acceptors (Lipinski definition) is 6. The Morgan fingerprint density at radius 1 is 1.14 bits per heavy atom. The minimum Gasteiger partial charge on any atom is -0.365 e. The van der Waals surface area contributed by atoms with Crippen LogP contribution in [0, 0.1) is 11.6 Å². The van der Waals surface area contributed by atoms with Crippen LogP contribution < -0.4 is 21.3 Å². The van der Waals surface area contributed by atoms with Gasteiger partial charge in [0.05, 0.1) is 11.9 Å². The molecule has 0 radical (unpaired) electrons. The molecule has 2 atom stereocenters. The minimum atomic E-state index is -0.547. The van der Waals surface area contributed by atoms with Gasteiger partial charge in [-0.05, 0) is 82.5 Å². The highest BCUT2D eigenvalue weighted by atomic mass is 19.1. The number of nitrogens with one attached hydrogen (secondary N) is 4. The van der Waals surface area contributed by atoms with Crippen molar-refractivity contribution in [3.8, 4) is 0 Å². The highest BCUT2D eigenvalue weighted by molar-refractivity contribution is 5.91. The third kappa shape index (κ3) is 5.03. The first-order chi connectivity index (χ1) is 16.7. The Kier molecular flexibility index (Phi) is 6.25. The Hall–Kier alpha value is -3.01. The maximum absolute atomic E-state index is 14.9. The number of urea groups is 1. The van der Waals surface area contributed by atoms with E-state index in [2.05, 4.69) is 50.0 Å². The van der Waals surface area contributed by atoms with Crippen molar-refractivity contribution in [1.82, 2.24) is 20.2 Å². The van der Waals surface area contributed by atoms with Crippen LogP contribution in [0.1, 0.15) is 63.9 Å². The number of carbonyl (C=O) groups is 1. The van der Waals surface area contributed by atoms with Gasteiger partial charge in [-0.2, -0.15) is 4.98 Å². The molecule has 2 aromatic rings. The molecule has 3 aliphatic rings. The van der Waals surface area contributed by atoms with Crippen molar-refractivity contribution in [2.24, 2.45) is 0 Å². The number of nitrogens with zero attached hydrogens (tertiary/aromatic N) is 3. The first-order valence-corrected chi connectivity index (χ1v) is 12.4. The molecular formula is C25H33F2N7O. The molecule has 1 saturated carbocycles. The van der Waals surface area contributed by atoms with Crippen molar-refractivity contribution in [1.29, 1.82) is 0 Å². The maximum Gasteiger partial charge on any atom is 0.318 e. The molecule has 10 heteroatoms. The van der Waals surface area contributed by atoms with Crippen molar-refractivity contribution in [2.75, 3.05) is 29.5 Å². The van der Waals surface area contributed by atoms with Gasteiger partial charge in [0.1, 0.15) is 5.82 Å². The van der Waals surface area contributed by atoms with E-state index in [9.17, 15) is 13.6 Å². The van der Waals surface area contributed by atoms with E-state index in [4.69, 9.17) is 0 Å². The van der Waals surface area contributed by atoms with Crippen LogP contribution in [0.2, 0.25) is 0 Å². The Bertz CT molecular complexity index is 1120. The fraction of sp³-hybridized carbons (Fsp3) is 0.560. The van der Waals surface area contributed by atoms with E-state index in [-0.39, 0.29) is 41.0 Å². The van der Waals surface area contributed by atoms with Gasteiger partial charge < -0.3 is 21.3 Å². The lowest BCUT2D eigenvalue weighted by Gasteiger charge is -2.47. The predicted molar refractivity (Wildman–Crippen MR) is 132 cm³/mol. The summed E-state index contributed by atoms with van der Waals surface area (Å²) in [5.74, 6) is -0.608. The van der Waals surface area contributed by atoms with Crippen LogP contribution in [0.3, 0.4) is 0 Å². The highest BCUT2D eigenvalue weighted by Crippen LogP contribution is 2.45. The summed E-state index contributed by atoms with van der Waals surface area (Å²) < 4.78 is 29.6. The van der Waals surface area contributed by atoms with Gasteiger partial charge in [-0.25, -0.2) is 18.6 Å². The molecule has 8 nitrogen and oxygen atoms in total. The Morgan fingerprint density at radius 2 is 1.94 bits per heavy atom. The largest absolute Gasteiger partial charge is 0.365 e. The number of amides is 2. The molecule has 2 aliphatic heterocycles. The number of carbonyl (C=O) groups excluding carboxylic acids is 1. The van der Waals surface area contributed by atoms with E-state index in [1.54, 1.807) is 0 Å². The number of fused-ring (bicyclic) bond motifs is 1. The average molecular weight is 486 g/mol. The zero-order valence-corrected chi connectivity index (χ0v) is 20.4. The fourth-order valence-corrected chi connectivity index (χ4v) is 5.67. The van der Waals surface area contributed by atoms with E-state index >= 15 is 0 Å². The molecule has 188 valence electrons. The number of rotatable bonds is 6. The standard InChI is InChI=1S/C25H33F2N7O/c1-25(2)12-15(9-16-5-4-8-34(16)25)30-22-19(27)13-29-23(33-22)31-21-11-20(32-24(35)28-3)17(10-18(21)26)14-6-7-14/h10-11,13-16H,4-9,12H2,1-3H3,(H2,28,32,35)(H2,29,30,31,33)/t15-,16?/m0/s1. The zero-order chi connectivity index (χ0) is 24.7. The van der Waals surface area contributed by atoms with Crippen LogP contribution in [0.5, 0.6) is 0 Å². The van der Waals surface area contributed by atoms with Gasteiger partial charge in [0, 0.05) is 30.4 Å². The molecule has 35 heavy (non-hydrogen) atoms. The number of aromatic nitrogens is 2. The average Bonchev–Trinajstić information content (AvgIpc) is 3.54. The Balaban J connectivity index is 1.35. The molecule has 1 aliphatic carbocycles. The summed E-state index contributed by atoms with van der Waals surface area (Å²) in [7, 11) is 1.52. The summed E-state index contributed by atoms with van der Waals surface area (Å²) >= 11 is 0. The normalized spacial score (nSPS) is 23.5. The van der Waals surface area contributed by atoms with E-state index in [0.29, 0.717) is 11.7 Å². The second kappa shape index (κ2) is 9.22. The van der Waals surface area contributed by atoms with E-state index in [1.165, 1.54) is 25.6 Å². The van der Waals surface area contributed by atoms with Crippen molar-refractivity contribution in [2.45, 2.75) is 75.9 Å². The molecular weight excluding hydrogens is 452 g/mol. The lowest BCUT2D eigenvalue weighted by molar-refractivity contribution is 0.0500. The van der Waals surface area contributed by atoms with Crippen molar-refractivity contribution in [3.05, 3.63) is 35.5 Å². The second-order valence-electron chi connectivity index (χ2n) is 10.5. The van der Waals surface area contributed by atoms with Gasteiger partial charge >= 0.3 is 6.03 Å². The SMILES string of the molecule is CNC(=O)Nc1cc(Nc2ncc(F)c(N[C@H]3CC4CCCN4C(C)(C)C3)n2)c(F)cc1C1CC1. The lowest BCUT2D eigenvalue weighted by Crippen LogP contribution is -2.55. The fourth-order valence-electron chi connectivity index (χ4n) is 5.67. The number of halogens is 2. The molecule has 1 aromatic heterocycles. The van der Waals surface area contributed by atoms with E-state index in [1.807, 2.05) is 0 Å². The van der Waals surface area contributed by atoms with Gasteiger partial charge in [0.15, 0.2) is 11.6 Å². The number of benzene rings is 1. The molecule has 1 aromatic carbocycles. The first-order valence-electron chi connectivity index (χ1n) is 12.4. The molecule has 2 saturated heterocycles. The molecule has 0 bridgehead atoms. The van der Waals surface area contributed by atoms with E-state index in [0.717, 1.165) is 50.4 Å². The topological polar surface area (TPSA) is 94.2 Å². The molecule has 4 N–H and O–H groups in total. The van der Waals surface area contributed by atoms with Crippen molar-refractivity contribution >= 4 is 29.2 Å². The summed E-state index contributed by atoms with van der Waals surface area (Å²) in [4.78, 5) is 22.8. The molecule has 0 spiro atoms. The van der Waals surface area contributed by atoms with Gasteiger partial charge in [-0.3, -0.25) is 4.90 Å². The zero-order valence-electron chi connectivity index (χ0n) is 20.4. The Labute approximate surface area is 204 Å². The van der Waals surface area contributed by atoms with Gasteiger partial charge in [0.2, 0.25) is 5.95 Å². The summed E-state index contributed by atoms with van der Waals surface area (Å²) in [5.41, 5.74) is 1.43. The smallest absolute Gasteiger partial charge is 0.318 e. The third-order valence-electron chi connectivity index (χ3n) is 7.42. The third-order valence-corrected chi connectivity index (χ3v) is 7.42. The summed E-state index contributed by atoms with van der Waals surface area (Å²) in [6.45, 7) is 5.59. The van der Waals surface area contributed by atoms with Crippen LogP contribution in [0.4, 0.5) is 36.7 Å². The van der Waals surface area contributed by atoms with Crippen LogP contribution in [-0.2, 0) is 0 Å². The van der Waals surface area contributed by atoms with Crippen LogP contribution in [-0.4, -0.2) is 52.1 Å². The first kappa shape index (κ1) is 23.7. The lowest BCUT2D eigenvalue weighted by atomic mass is 9.84. The summed E-state index contributed by atoms with van der Waals surface area (Å²) in [6.07, 6.45) is 7.17.